The number of carbonyl (C=O) groups is 6. The van der Waals surface area contributed by atoms with Gasteiger partial charge in [0.05, 0.1) is 26.7 Å². The zero-order chi connectivity index (χ0) is 28.4. The number of methoxy groups -OCH3 is 2. The molecule has 0 fully saturated rings. The summed E-state index contributed by atoms with van der Waals surface area (Å²) in [6.45, 7) is 2.46. The van der Waals surface area contributed by atoms with Gasteiger partial charge in [0.15, 0.2) is 0 Å². The van der Waals surface area contributed by atoms with Gasteiger partial charge in [-0.25, -0.2) is 0 Å². The van der Waals surface area contributed by atoms with Crippen molar-refractivity contribution < 1.29 is 43.3 Å². The van der Waals surface area contributed by atoms with Gasteiger partial charge in [-0.1, -0.05) is 24.3 Å². The number of carboxylic acid groups (broad SMARTS) is 1. The summed E-state index contributed by atoms with van der Waals surface area (Å²) in [6, 6.07) is 8.62. The predicted molar refractivity (Wildman–Crippen MR) is 135 cm³/mol. The molecule has 3 amide bonds. The predicted octanol–water partition coefficient (Wildman–Crippen LogP) is 0.891. The van der Waals surface area contributed by atoms with Crippen LogP contribution in [0.4, 0.5) is 5.69 Å². The monoisotopic (exact) mass is 527 g/mol. The average Bonchev–Trinajstić information content (AvgIpc) is 2.89. The van der Waals surface area contributed by atoms with E-state index < -0.39 is 54.5 Å². The lowest BCUT2D eigenvalue weighted by atomic mass is 10.1. The van der Waals surface area contributed by atoms with Crippen LogP contribution in [0.2, 0.25) is 0 Å². The summed E-state index contributed by atoms with van der Waals surface area (Å²) in [5.74, 6) is -4.72. The van der Waals surface area contributed by atoms with Crippen molar-refractivity contribution in [2.75, 3.05) is 25.7 Å². The van der Waals surface area contributed by atoms with E-state index in [1.807, 2.05) is 0 Å². The first-order chi connectivity index (χ1) is 18.0. The van der Waals surface area contributed by atoms with E-state index >= 15 is 0 Å². The van der Waals surface area contributed by atoms with Crippen LogP contribution < -0.4 is 25.0 Å². The maximum Gasteiger partial charge on any atom is 0.305 e. The largest absolute Gasteiger partial charge is 0.496 e. The first kappa shape index (κ1) is 29.5. The van der Waals surface area contributed by atoms with E-state index in [0.717, 1.165) is 4.90 Å². The molecule has 2 aromatic carbocycles. The number of hydrogen-bond donors (Lipinski definition) is 3. The number of Topliss-reactive ketones (excluding diaryl/α,β-unsaturated/α-hetero) is 1. The van der Waals surface area contributed by atoms with Gasteiger partial charge in [0.2, 0.25) is 11.8 Å². The summed E-state index contributed by atoms with van der Waals surface area (Å²) >= 11 is 0. The molecule has 2 rings (SSSR count). The van der Waals surface area contributed by atoms with Crippen LogP contribution >= 0.6 is 0 Å². The van der Waals surface area contributed by atoms with Crippen LogP contribution in [-0.4, -0.2) is 73.7 Å². The second kappa shape index (κ2) is 13.5. The Morgan fingerprint density at radius 1 is 0.974 bits per heavy atom. The van der Waals surface area contributed by atoms with E-state index in [9.17, 15) is 28.8 Å². The number of amides is 3. The van der Waals surface area contributed by atoms with Gasteiger partial charge in [-0.3, -0.25) is 24.0 Å². The molecule has 0 heterocycles. The van der Waals surface area contributed by atoms with Gasteiger partial charge < -0.3 is 34.9 Å². The van der Waals surface area contributed by atoms with Crippen molar-refractivity contribution in [2.45, 2.75) is 32.4 Å². The van der Waals surface area contributed by atoms with E-state index in [2.05, 4.69) is 10.6 Å². The summed E-state index contributed by atoms with van der Waals surface area (Å²) in [7, 11) is 2.65. The number of aldehydes is 1. The fraction of sp³-hybridized carbons (Fsp3) is 0.308. The van der Waals surface area contributed by atoms with Crippen LogP contribution in [0.25, 0.3) is 0 Å². The quantitative estimate of drug-likeness (QED) is 0.195. The zero-order valence-corrected chi connectivity index (χ0v) is 21.3. The fourth-order valence-corrected chi connectivity index (χ4v) is 3.61. The molecule has 0 saturated carbocycles. The Bertz CT molecular complexity index is 1210. The van der Waals surface area contributed by atoms with E-state index in [0.29, 0.717) is 11.3 Å². The topological polar surface area (TPSA) is 168 Å². The first-order valence-corrected chi connectivity index (χ1v) is 11.4. The molecule has 12 heteroatoms. The van der Waals surface area contributed by atoms with Crippen LogP contribution in [0.15, 0.2) is 42.5 Å². The summed E-state index contributed by atoms with van der Waals surface area (Å²) in [4.78, 5) is 75.0. The number of ketones is 1. The van der Waals surface area contributed by atoms with Gasteiger partial charge in [0.25, 0.3) is 11.7 Å². The average molecular weight is 528 g/mol. The molecule has 3 N–H and O–H groups in total. The van der Waals surface area contributed by atoms with Crippen molar-refractivity contribution in [1.82, 2.24) is 10.6 Å². The number of nitrogens with one attached hydrogen (secondary N) is 2. The van der Waals surface area contributed by atoms with Crippen LogP contribution in [0.5, 0.6) is 11.5 Å². The van der Waals surface area contributed by atoms with Gasteiger partial charge in [0, 0.05) is 5.69 Å². The maximum absolute atomic E-state index is 13.4. The highest BCUT2D eigenvalue weighted by Gasteiger charge is 2.31. The Morgan fingerprint density at radius 3 is 2.11 bits per heavy atom. The lowest BCUT2D eigenvalue weighted by Crippen LogP contribution is -2.52. The molecule has 38 heavy (non-hydrogen) atoms. The summed E-state index contributed by atoms with van der Waals surface area (Å²) in [6.07, 6.45) is -0.346. The normalized spacial score (nSPS) is 11.9. The van der Waals surface area contributed by atoms with Gasteiger partial charge in [-0.2, -0.15) is 0 Å². The number of nitrogens with zero attached hydrogens (tertiary/aromatic N) is 1. The number of anilines is 1. The number of hydrogen-bond acceptors (Lipinski definition) is 8. The SMILES string of the molecule is COc1cccc(OC)c1C(=O)C(=O)NC(C)C(=O)N(CC(=O)NC(C=O)CC(=O)O)c1ccccc1C. The van der Waals surface area contributed by atoms with E-state index in [1.165, 1.54) is 33.3 Å². The number of para-hydroxylation sites is 1. The van der Waals surface area contributed by atoms with Crippen LogP contribution in [-0.2, 0) is 24.0 Å². The minimum atomic E-state index is -1.29. The minimum Gasteiger partial charge on any atom is -0.496 e. The molecule has 2 unspecified atom stereocenters. The summed E-state index contributed by atoms with van der Waals surface area (Å²) in [5.41, 5.74) is 0.843. The molecule has 0 aromatic heterocycles. The number of carbonyl (C=O) groups excluding carboxylic acids is 5. The smallest absolute Gasteiger partial charge is 0.305 e. The summed E-state index contributed by atoms with van der Waals surface area (Å²) < 4.78 is 10.3. The third-order valence-electron chi connectivity index (χ3n) is 5.46. The minimum absolute atomic E-state index is 0.104. The molecule has 12 nitrogen and oxygen atoms in total. The Hall–Kier alpha value is -4.74. The molecule has 2 atom stereocenters. The molecule has 2 aromatic rings. The fourth-order valence-electron chi connectivity index (χ4n) is 3.61. The van der Waals surface area contributed by atoms with Crippen molar-refractivity contribution in [3.8, 4) is 11.5 Å². The molecule has 0 saturated heterocycles. The number of ether oxygens (including phenoxy) is 2. The van der Waals surface area contributed by atoms with Gasteiger partial charge in [-0.05, 0) is 37.6 Å². The van der Waals surface area contributed by atoms with Crippen LogP contribution in [0.3, 0.4) is 0 Å². The van der Waals surface area contributed by atoms with E-state index in [4.69, 9.17) is 14.6 Å². The Kier molecular flexibility index (Phi) is 10.5. The van der Waals surface area contributed by atoms with Crippen molar-refractivity contribution >= 4 is 41.4 Å². The molecule has 0 aliphatic heterocycles. The Balaban J connectivity index is 2.28. The molecule has 0 spiro atoms. The Labute approximate surface area is 218 Å². The van der Waals surface area contributed by atoms with Gasteiger partial charge in [-0.15, -0.1) is 0 Å². The lowest BCUT2D eigenvalue weighted by Gasteiger charge is -2.27. The number of aryl methyl sites for hydroxylation is 1. The number of benzene rings is 2. The highest BCUT2D eigenvalue weighted by Crippen LogP contribution is 2.28. The van der Waals surface area contributed by atoms with Crippen LogP contribution in [0.1, 0.15) is 29.3 Å². The zero-order valence-electron chi connectivity index (χ0n) is 21.3. The summed E-state index contributed by atoms with van der Waals surface area (Å²) in [5, 5.41) is 13.5. The third-order valence-corrected chi connectivity index (χ3v) is 5.46. The molecular weight excluding hydrogens is 498 g/mol. The lowest BCUT2D eigenvalue weighted by molar-refractivity contribution is -0.138. The van der Waals surface area contributed by atoms with Gasteiger partial charge in [0.1, 0.15) is 35.9 Å². The number of rotatable bonds is 13. The molecule has 202 valence electrons. The first-order valence-electron chi connectivity index (χ1n) is 11.4. The molecule has 0 bridgehead atoms. The molecule has 0 aliphatic carbocycles. The second-order valence-corrected chi connectivity index (χ2v) is 8.18. The Morgan fingerprint density at radius 2 is 1.58 bits per heavy atom. The van der Waals surface area contributed by atoms with Crippen molar-refractivity contribution in [3.05, 3.63) is 53.6 Å². The van der Waals surface area contributed by atoms with Crippen molar-refractivity contribution in [1.29, 1.82) is 0 Å². The van der Waals surface area contributed by atoms with Crippen LogP contribution in [0, 0.1) is 6.92 Å². The highest BCUT2D eigenvalue weighted by molar-refractivity contribution is 6.44. The molecular formula is C26H29N3O9. The second-order valence-electron chi connectivity index (χ2n) is 8.18. The number of carboxylic acids is 1. The molecule has 0 aliphatic rings. The van der Waals surface area contributed by atoms with Crippen molar-refractivity contribution in [2.24, 2.45) is 0 Å². The van der Waals surface area contributed by atoms with E-state index in [1.54, 1.807) is 37.3 Å². The van der Waals surface area contributed by atoms with Gasteiger partial charge >= 0.3 is 5.97 Å². The third kappa shape index (κ3) is 7.38. The van der Waals surface area contributed by atoms with Crippen molar-refractivity contribution in [3.63, 3.8) is 0 Å². The maximum atomic E-state index is 13.4. The molecule has 0 radical (unpaired) electrons. The van der Waals surface area contributed by atoms with E-state index in [-0.39, 0.29) is 23.3 Å². The standard InChI is InChI=1S/C26H29N3O9/c1-15-8-5-6-9-18(15)29(13-21(31)28-17(14-30)12-22(32)33)26(36)16(2)27-25(35)24(34)23-19(37-3)10-7-11-20(23)38-4/h5-11,14,16-17H,12-13H2,1-4H3,(H,27,35)(H,28,31)(H,32,33). The highest BCUT2D eigenvalue weighted by atomic mass is 16.5. The number of aliphatic carboxylic acids is 1.